The second-order valence-electron chi connectivity index (χ2n) is 9.33. The first-order valence-corrected chi connectivity index (χ1v) is 10.5. The van der Waals surface area contributed by atoms with E-state index in [-0.39, 0.29) is 12.1 Å². The predicted octanol–water partition coefficient (Wildman–Crippen LogP) is -0.0553. The summed E-state index contributed by atoms with van der Waals surface area (Å²) in [6.45, 7) is 12.5. The fraction of sp³-hybridized carbons (Fsp3) is 0.750. The van der Waals surface area contributed by atoms with E-state index in [2.05, 4.69) is 28.7 Å². The molecule has 1 aromatic heterocycles. The van der Waals surface area contributed by atoms with E-state index in [0.717, 1.165) is 11.9 Å². The van der Waals surface area contributed by atoms with Gasteiger partial charge in [-0.15, -0.1) is 0 Å². The van der Waals surface area contributed by atoms with Crippen molar-refractivity contribution in [2.45, 2.75) is 77.4 Å². The van der Waals surface area contributed by atoms with Crippen LogP contribution < -0.4 is 10.4 Å². The number of rotatable bonds is 6. The first kappa shape index (κ1) is 22.9. The summed E-state index contributed by atoms with van der Waals surface area (Å²) < 4.78 is 12.1. The molecule has 1 amide bonds. The molecular formula is C20H33BN4O5. The number of carbonyl (C=O) groups is 1. The van der Waals surface area contributed by atoms with Gasteiger partial charge in [0.15, 0.2) is 6.10 Å². The van der Waals surface area contributed by atoms with Crippen molar-refractivity contribution in [2.24, 2.45) is 0 Å². The van der Waals surface area contributed by atoms with E-state index >= 15 is 0 Å². The molecule has 1 aromatic rings. The number of nitrogens with zero attached hydrogens (tertiary/aromatic N) is 4. The molecule has 2 fully saturated rings. The molecule has 3 rings (SSSR count). The highest BCUT2D eigenvalue weighted by molar-refractivity contribution is 6.61. The number of aliphatic hydroxyl groups excluding tert-OH is 2. The topological polar surface area (TPSA) is 108 Å². The average Bonchev–Trinajstić information content (AvgIpc) is 3.23. The largest absolute Gasteiger partial charge is 0.498 e. The summed E-state index contributed by atoms with van der Waals surface area (Å²) >= 11 is 0. The fourth-order valence-electron chi connectivity index (χ4n) is 3.84. The standard InChI is InChI=1S/C20H33BN4O5/c1-13(2)25(15-7-8-24(11-15)17(28)16(27)12-26)18-22-9-14(10-23-18)21-29-19(3,4)20(5,6)30-21/h9-10,13,15-16,26-27H,7-8,11-12H2,1-6H3/t15-,16+/m1/s1. The van der Waals surface area contributed by atoms with Crippen molar-refractivity contribution in [1.29, 1.82) is 0 Å². The Hall–Kier alpha value is -1.75. The Balaban J connectivity index is 1.73. The van der Waals surface area contributed by atoms with Gasteiger partial charge in [0.05, 0.1) is 23.9 Å². The van der Waals surface area contributed by atoms with Gasteiger partial charge in [-0.2, -0.15) is 0 Å². The highest BCUT2D eigenvalue weighted by Crippen LogP contribution is 2.36. The van der Waals surface area contributed by atoms with Gasteiger partial charge in [0, 0.05) is 37.0 Å². The highest BCUT2D eigenvalue weighted by Gasteiger charge is 2.52. The second-order valence-corrected chi connectivity index (χ2v) is 9.33. The van der Waals surface area contributed by atoms with Crippen LogP contribution in [-0.2, 0) is 14.1 Å². The Morgan fingerprint density at radius 2 is 1.83 bits per heavy atom. The molecule has 0 unspecified atom stereocenters. The van der Waals surface area contributed by atoms with Gasteiger partial charge in [-0.3, -0.25) is 4.79 Å². The minimum Gasteiger partial charge on any atom is -0.399 e. The van der Waals surface area contributed by atoms with Crippen LogP contribution in [0.1, 0.15) is 48.0 Å². The maximum absolute atomic E-state index is 12.2. The number of aromatic nitrogens is 2. The van der Waals surface area contributed by atoms with Gasteiger partial charge in [0.1, 0.15) is 0 Å². The first-order chi connectivity index (χ1) is 14.0. The van der Waals surface area contributed by atoms with E-state index in [9.17, 15) is 9.90 Å². The summed E-state index contributed by atoms with van der Waals surface area (Å²) in [5.41, 5.74) is -0.103. The van der Waals surface area contributed by atoms with E-state index in [1.54, 1.807) is 17.3 Å². The van der Waals surface area contributed by atoms with Crippen LogP contribution in [-0.4, -0.2) is 87.2 Å². The number of carbonyl (C=O) groups excluding carboxylic acids is 1. The van der Waals surface area contributed by atoms with Gasteiger partial charge in [-0.25, -0.2) is 9.97 Å². The van der Waals surface area contributed by atoms with Crippen LogP contribution in [0.25, 0.3) is 0 Å². The zero-order chi connectivity index (χ0) is 22.3. The van der Waals surface area contributed by atoms with E-state index in [0.29, 0.717) is 19.0 Å². The molecule has 30 heavy (non-hydrogen) atoms. The first-order valence-electron chi connectivity index (χ1n) is 10.5. The van der Waals surface area contributed by atoms with Crippen molar-refractivity contribution in [3.05, 3.63) is 12.4 Å². The zero-order valence-electron chi connectivity index (χ0n) is 18.7. The van der Waals surface area contributed by atoms with Gasteiger partial charge in [0.2, 0.25) is 5.95 Å². The van der Waals surface area contributed by atoms with Gasteiger partial charge in [-0.05, 0) is 48.0 Å². The Kier molecular flexibility index (Phi) is 6.43. The molecule has 2 atom stereocenters. The Morgan fingerprint density at radius 3 is 2.33 bits per heavy atom. The van der Waals surface area contributed by atoms with Crippen LogP contribution in [0.3, 0.4) is 0 Å². The van der Waals surface area contributed by atoms with Crippen molar-refractivity contribution in [1.82, 2.24) is 14.9 Å². The van der Waals surface area contributed by atoms with Crippen LogP contribution in [0.2, 0.25) is 0 Å². The van der Waals surface area contributed by atoms with E-state index < -0.39 is 36.9 Å². The van der Waals surface area contributed by atoms with Gasteiger partial charge in [0.25, 0.3) is 5.91 Å². The molecule has 3 heterocycles. The van der Waals surface area contributed by atoms with E-state index in [4.69, 9.17) is 14.4 Å². The minimum absolute atomic E-state index is 0.0301. The van der Waals surface area contributed by atoms with Crippen LogP contribution in [0.5, 0.6) is 0 Å². The minimum atomic E-state index is -1.37. The summed E-state index contributed by atoms with van der Waals surface area (Å²) in [4.78, 5) is 25.0. The monoisotopic (exact) mass is 420 g/mol. The number of likely N-dealkylation sites (tertiary alicyclic amines) is 1. The van der Waals surface area contributed by atoms with Crippen LogP contribution in [0.15, 0.2) is 12.4 Å². The van der Waals surface area contributed by atoms with Crippen molar-refractivity contribution in [3.63, 3.8) is 0 Å². The maximum Gasteiger partial charge on any atom is 0.498 e. The lowest BCUT2D eigenvalue weighted by Crippen LogP contribution is -2.46. The Bertz CT molecular complexity index is 742. The smallest absolute Gasteiger partial charge is 0.399 e. The number of hydrogen-bond acceptors (Lipinski definition) is 8. The van der Waals surface area contributed by atoms with Gasteiger partial charge >= 0.3 is 7.12 Å². The summed E-state index contributed by atoms with van der Waals surface area (Å²) in [7, 11) is -0.517. The Labute approximate surface area is 178 Å². The zero-order valence-corrected chi connectivity index (χ0v) is 18.7. The van der Waals surface area contributed by atoms with E-state index in [1.807, 2.05) is 27.7 Å². The predicted molar refractivity (Wildman–Crippen MR) is 113 cm³/mol. The molecule has 2 aliphatic rings. The molecule has 0 aromatic carbocycles. The van der Waals surface area contributed by atoms with Crippen molar-refractivity contribution >= 4 is 24.4 Å². The highest BCUT2D eigenvalue weighted by atomic mass is 16.7. The van der Waals surface area contributed by atoms with Crippen LogP contribution in [0, 0.1) is 0 Å². The lowest BCUT2D eigenvalue weighted by Gasteiger charge is -2.33. The lowest BCUT2D eigenvalue weighted by atomic mass is 9.81. The lowest BCUT2D eigenvalue weighted by molar-refractivity contribution is -0.141. The molecule has 0 saturated carbocycles. The summed E-state index contributed by atoms with van der Waals surface area (Å²) in [5.74, 6) is 0.132. The average molecular weight is 420 g/mol. The number of aliphatic hydroxyl groups is 2. The van der Waals surface area contributed by atoms with Crippen molar-refractivity contribution in [2.75, 3.05) is 24.6 Å². The number of amides is 1. The molecule has 0 aliphatic carbocycles. The molecule has 2 aliphatic heterocycles. The third-order valence-corrected chi connectivity index (χ3v) is 6.30. The molecule has 0 spiro atoms. The SMILES string of the molecule is CC(C)N(c1ncc(B2OC(C)(C)C(C)(C)O2)cn1)[C@@H]1CCN(C(=O)[C@@H](O)CO)C1. The normalized spacial score (nSPS) is 23.8. The third-order valence-electron chi connectivity index (χ3n) is 6.30. The van der Waals surface area contributed by atoms with Crippen LogP contribution in [0.4, 0.5) is 5.95 Å². The van der Waals surface area contributed by atoms with Crippen molar-refractivity contribution in [3.8, 4) is 0 Å². The number of anilines is 1. The molecule has 10 heteroatoms. The molecule has 0 bridgehead atoms. The van der Waals surface area contributed by atoms with Crippen LogP contribution >= 0.6 is 0 Å². The molecule has 166 valence electrons. The van der Waals surface area contributed by atoms with E-state index in [1.165, 1.54) is 0 Å². The van der Waals surface area contributed by atoms with Crippen molar-refractivity contribution < 1.29 is 24.3 Å². The molecule has 9 nitrogen and oxygen atoms in total. The van der Waals surface area contributed by atoms with Gasteiger partial charge in [-0.1, -0.05) is 0 Å². The Morgan fingerprint density at radius 1 is 1.27 bits per heavy atom. The van der Waals surface area contributed by atoms with Gasteiger partial charge < -0.3 is 29.3 Å². The molecule has 2 saturated heterocycles. The quantitative estimate of drug-likeness (QED) is 0.617. The molecule has 0 radical (unpaired) electrons. The second kappa shape index (κ2) is 8.41. The number of hydrogen-bond donors (Lipinski definition) is 2. The summed E-state index contributed by atoms with van der Waals surface area (Å²) in [6.07, 6.45) is 2.83. The third kappa shape index (κ3) is 4.32. The summed E-state index contributed by atoms with van der Waals surface area (Å²) in [6, 6.07) is 0.151. The molecule has 2 N–H and O–H groups in total. The fourth-order valence-corrected chi connectivity index (χ4v) is 3.84. The molecular weight excluding hydrogens is 387 g/mol. The maximum atomic E-state index is 12.2. The summed E-state index contributed by atoms with van der Waals surface area (Å²) in [5, 5.41) is 18.7.